The van der Waals surface area contributed by atoms with E-state index >= 15 is 0 Å². The van der Waals surface area contributed by atoms with Crippen molar-refractivity contribution in [1.82, 2.24) is 9.55 Å². The van der Waals surface area contributed by atoms with Crippen LogP contribution in [0.25, 0.3) is 0 Å². The Labute approximate surface area is 91.5 Å². The van der Waals surface area contributed by atoms with Crippen LogP contribution in [0.2, 0.25) is 0 Å². The van der Waals surface area contributed by atoms with Crippen LogP contribution in [0.3, 0.4) is 0 Å². The van der Waals surface area contributed by atoms with Gasteiger partial charge >= 0.3 is 0 Å². The van der Waals surface area contributed by atoms with Crippen molar-refractivity contribution in [2.24, 2.45) is 5.92 Å². The van der Waals surface area contributed by atoms with Crippen LogP contribution in [0.1, 0.15) is 39.4 Å². The number of imidazole rings is 1. The van der Waals surface area contributed by atoms with Gasteiger partial charge in [-0.25, -0.2) is 4.98 Å². The molecule has 0 atom stereocenters. The first-order valence-corrected chi connectivity index (χ1v) is 5.65. The Bertz CT molecular complexity index is 315. The molecule has 1 aromatic heterocycles. The Kier molecular flexibility index (Phi) is 4.53. The van der Waals surface area contributed by atoms with E-state index in [0.717, 1.165) is 18.8 Å². The SMILES string of the molecule is CCCn1ccnc1CC(=O)CC(C)C. The Hall–Kier alpha value is -1.12. The summed E-state index contributed by atoms with van der Waals surface area (Å²) < 4.78 is 2.07. The van der Waals surface area contributed by atoms with Crippen LogP contribution in [-0.4, -0.2) is 15.3 Å². The molecule has 3 nitrogen and oxygen atoms in total. The number of hydrogen-bond acceptors (Lipinski definition) is 2. The van der Waals surface area contributed by atoms with Crippen molar-refractivity contribution in [3.8, 4) is 0 Å². The van der Waals surface area contributed by atoms with E-state index in [0.29, 0.717) is 18.8 Å². The van der Waals surface area contributed by atoms with Gasteiger partial charge in [0.25, 0.3) is 0 Å². The number of rotatable bonds is 6. The highest BCUT2D eigenvalue weighted by Crippen LogP contribution is 2.06. The van der Waals surface area contributed by atoms with Gasteiger partial charge in [0, 0.05) is 25.4 Å². The first kappa shape index (κ1) is 12.0. The summed E-state index contributed by atoms with van der Waals surface area (Å²) in [5.41, 5.74) is 0. The maximum Gasteiger partial charge on any atom is 0.140 e. The van der Waals surface area contributed by atoms with Crippen molar-refractivity contribution < 1.29 is 4.79 Å². The molecule has 1 rings (SSSR count). The second-order valence-corrected chi connectivity index (χ2v) is 4.35. The van der Waals surface area contributed by atoms with E-state index in [1.807, 2.05) is 6.20 Å². The summed E-state index contributed by atoms with van der Waals surface area (Å²) in [6.07, 6.45) is 5.92. The van der Waals surface area contributed by atoms with Crippen molar-refractivity contribution in [3.05, 3.63) is 18.2 Å². The Morgan fingerprint density at radius 2 is 2.27 bits per heavy atom. The van der Waals surface area contributed by atoms with Crippen molar-refractivity contribution in [2.75, 3.05) is 0 Å². The van der Waals surface area contributed by atoms with Gasteiger partial charge in [0.15, 0.2) is 0 Å². The minimum atomic E-state index is 0.286. The van der Waals surface area contributed by atoms with Gasteiger partial charge < -0.3 is 4.57 Å². The molecule has 0 unspecified atom stereocenters. The normalized spacial score (nSPS) is 10.9. The highest BCUT2D eigenvalue weighted by Gasteiger charge is 2.10. The number of carbonyl (C=O) groups excluding carboxylic acids is 1. The van der Waals surface area contributed by atoms with Gasteiger partial charge in [-0.2, -0.15) is 0 Å². The average molecular weight is 208 g/mol. The van der Waals surface area contributed by atoms with E-state index in [4.69, 9.17) is 0 Å². The Morgan fingerprint density at radius 3 is 2.87 bits per heavy atom. The Morgan fingerprint density at radius 1 is 1.53 bits per heavy atom. The van der Waals surface area contributed by atoms with Gasteiger partial charge in [0.05, 0.1) is 6.42 Å². The third kappa shape index (κ3) is 3.86. The van der Waals surface area contributed by atoms with Gasteiger partial charge in [0.1, 0.15) is 11.6 Å². The van der Waals surface area contributed by atoms with E-state index in [2.05, 4.69) is 30.3 Å². The first-order chi connectivity index (χ1) is 7.13. The summed E-state index contributed by atoms with van der Waals surface area (Å²) >= 11 is 0. The number of carbonyl (C=O) groups is 1. The van der Waals surface area contributed by atoms with Crippen LogP contribution in [-0.2, 0) is 17.8 Å². The lowest BCUT2D eigenvalue weighted by atomic mass is 10.1. The second kappa shape index (κ2) is 5.69. The van der Waals surface area contributed by atoms with Gasteiger partial charge in [-0.15, -0.1) is 0 Å². The smallest absolute Gasteiger partial charge is 0.140 e. The van der Waals surface area contributed by atoms with Gasteiger partial charge in [-0.1, -0.05) is 20.8 Å². The van der Waals surface area contributed by atoms with E-state index in [1.54, 1.807) is 6.20 Å². The maximum absolute atomic E-state index is 11.6. The van der Waals surface area contributed by atoms with Gasteiger partial charge in [-0.05, 0) is 12.3 Å². The molecular formula is C12H20N2O. The lowest BCUT2D eigenvalue weighted by molar-refractivity contribution is -0.119. The quantitative estimate of drug-likeness (QED) is 0.719. The molecule has 0 N–H and O–H groups in total. The molecule has 0 aliphatic carbocycles. The molecule has 0 saturated carbocycles. The summed E-state index contributed by atoms with van der Waals surface area (Å²) in [7, 11) is 0. The van der Waals surface area contributed by atoms with Gasteiger partial charge in [-0.3, -0.25) is 4.79 Å². The highest BCUT2D eigenvalue weighted by atomic mass is 16.1. The van der Waals surface area contributed by atoms with Crippen molar-refractivity contribution in [1.29, 1.82) is 0 Å². The maximum atomic E-state index is 11.6. The summed E-state index contributed by atoms with van der Waals surface area (Å²) in [6, 6.07) is 0. The average Bonchev–Trinajstić information content (AvgIpc) is 2.52. The summed E-state index contributed by atoms with van der Waals surface area (Å²) in [5.74, 6) is 1.63. The largest absolute Gasteiger partial charge is 0.335 e. The zero-order valence-electron chi connectivity index (χ0n) is 9.86. The molecule has 84 valence electrons. The van der Waals surface area contributed by atoms with Crippen LogP contribution >= 0.6 is 0 Å². The molecule has 3 heteroatoms. The molecule has 0 fully saturated rings. The van der Waals surface area contributed by atoms with E-state index < -0.39 is 0 Å². The molecule has 0 aliphatic heterocycles. The zero-order valence-corrected chi connectivity index (χ0v) is 9.86. The fourth-order valence-electron chi connectivity index (χ4n) is 1.66. The summed E-state index contributed by atoms with van der Waals surface area (Å²) in [5, 5.41) is 0. The molecule has 0 bridgehead atoms. The first-order valence-electron chi connectivity index (χ1n) is 5.65. The number of hydrogen-bond donors (Lipinski definition) is 0. The number of Topliss-reactive ketones (excluding diaryl/α,β-unsaturated/α-hetero) is 1. The standard InChI is InChI=1S/C12H20N2O/c1-4-6-14-7-5-13-12(14)9-11(15)8-10(2)3/h5,7,10H,4,6,8-9H2,1-3H3. The van der Waals surface area contributed by atoms with E-state index in [-0.39, 0.29) is 5.78 Å². The van der Waals surface area contributed by atoms with Crippen molar-refractivity contribution in [3.63, 3.8) is 0 Å². The molecular weight excluding hydrogens is 188 g/mol. The monoisotopic (exact) mass is 208 g/mol. The lowest BCUT2D eigenvalue weighted by Gasteiger charge is -2.06. The van der Waals surface area contributed by atoms with Crippen molar-refractivity contribution >= 4 is 5.78 Å². The summed E-state index contributed by atoms with van der Waals surface area (Å²) in [4.78, 5) is 15.8. The summed E-state index contributed by atoms with van der Waals surface area (Å²) in [6.45, 7) is 7.21. The van der Waals surface area contributed by atoms with E-state index in [1.165, 1.54) is 0 Å². The van der Waals surface area contributed by atoms with Crippen LogP contribution < -0.4 is 0 Å². The van der Waals surface area contributed by atoms with Gasteiger partial charge in [0.2, 0.25) is 0 Å². The molecule has 0 radical (unpaired) electrons. The highest BCUT2D eigenvalue weighted by molar-refractivity contribution is 5.80. The fourth-order valence-corrected chi connectivity index (χ4v) is 1.66. The number of aryl methyl sites for hydroxylation is 1. The molecule has 1 heterocycles. The third-order valence-corrected chi connectivity index (χ3v) is 2.26. The predicted octanol–water partition coefficient (Wildman–Crippen LogP) is 2.45. The number of aromatic nitrogens is 2. The third-order valence-electron chi connectivity index (χ3n) is 2.26. The van der Waals surface area contributed by atoms with Crippen LogP contribution in [0.4, 0.5) is 0 Å². The van der Waals surface area contributed by atoms with Crippen LogP contribution in [0.5, 0.6) is 0 Å². The molecule has 0 aromatic carbocycles. The van der Waals surface area contributed by atoms with Crippen LogP contribution in [0.15, 0.2) is 12.4 Å². The van der Waals surface area contributed by atoms with Crippen LogP contribution in [0, 0.1) is 5.92 Å². The number of nitrogens with zero attached hydrogens (tertiary/aromatic N) is 2. The molecule has 0 spiro atoms. The van der Waals surface area contributed by atoms with E-state index in [9.17, 15) is 4.79 Å². The van der Waals surface area contributed by atoms with Crippen molar-refractivity contribution in [2.45, 2.75) is 46.6 Å². The second-order valence-electron chi connectivity index (χ2n) is 4.35. The molecule has 0 amide bonds. The Balaban J connectivity index is 2.55. The molecule has 0 aliphatic rings. The number of ketones is 1. The minimum Gasteiger partial charge on any atom is -0.335 e. The fraction of sp³-hybridized carbons (Fsp3) is 0.667. The topological polar surface area (TPSA) is 34.9 Å². The molecule has 0 saturated heterocycles. The predicted molar refractivity (Wildman–Crippen MR) is 60.7 cm³/mol. The molecule has 1 aromatic rings. The molecule has 15 heavy (non-hydrogen) atoms. The zero-order chi connectivity index (χ0) is 11.3. The lowest BCUT2D eigenvalue weighted by Crippen LogP contribution is -2.11. The minimum absolute atomic E-state index is 0.286.